The van der Waals surface area contributed by atoms with E-state index in [1.807, 2.05) is 11.8 Å². The molecule has 0 aromatic rings. The average Bonchev–Trinajstić information content (AvgIpc) is 3.49. The zero-order valence-corrected chi connectivity index (χ0v) is 23.6. The number of halogens is 1. The third-order valence-corrected chi connectivity index (χ3v) is 9.49. The highest BCUT2D eigenvalue weighted by molar-refractivity contribution is 9.09. The summed E-state index contributed by atoms with van der Waals surface area (Å²) in [4.78, 5) is 47.5. The number of carbonyl (C=O) groups is 3. The molecular weight excluding hydrogens is 538 g/mol. The molecule has 3 unspecified atom stereocenters. The molecule has 1 spiro atoms. The van der Waals surface area contributed by atoms with Gasteiger partial charge in [-0.15, -0.1) is 13.2 Å². The first-order chi connectivity index (χ1) is 17.9. The van der Waals surface area contributed by atoms with Gasteiger partial charge in [0.15, 0.2) is 0 Å². The molecule has 3 aliphatic heterocycles. The van der Waals surface area contributed by atoms with Crippen LogP contribution in [0, 0.1) is 11.8 Å². The Kier molecular flexibility index (Phi) is 9.17. The van der Waals surface area contributed by atoms with Gasteiger partial charge in [-0.05, 0) is 32.1 Å². The van der Waals surface area contributed by atoms with Gasteiger partial charge in [-0.3, -0.25) is 14.4 Å². The van der Waals surface area contributed by atoms with Crippen LogP contribution in [0.1, 0.15) is 58.3 Å². The Bertz CT molecular complexity index is 893. The van der Waals surface area contributed by atoms with Gasteiger partial charge < -0.3 is 24.5 Å². The number of hydrogen-bond acceptors (Lipinski definition) is 5. The zero-order chi connectivity index (χ0) is 26.7. The van der Waals surface area contributed by atoms with E-state index < -0.39 is 29.6 Å². The van der Waals surface area contributed by atoms with Crippen molar-refractivity contribution in [2.24, 2.45) is 11.8 Å². The summed E-state index contributed by atoms with van der Waals surface area (Å²) in [5.41, 5.74) is -1.07. The molecular formula is C28H42BrN3O5. The van der Waals surface area contributed by atoms with E-state index in [0.717, 1.165) is 32.1 Å². The fourth-order valence-electron chi connectivity index (χ4n) is 7.21. The Labute approximate surface area is 229 Å². The molecule has 4 aliphatic rings. The number of likely N-dealkylation sites (tertiary alicyclic amines) is 1. The van der Waals surface area contributed by atoms with E-state index in [-0.39, 0.29) is 41.7 Å². The molecule has 6 atom stereocenters. The predicted molar refractivity (Wildman–Crippen MR) is 145 cm³/mol. The summed E-state index contributed by atoms with van der Waals surface area (Å²) in [7, 11) is 0. The highest BCUT2D eigenvalue weighted by Gasteiger charge is 2.76. The molecule has 1 saturated carbocycles. The van der Waals surface area contributed by atoms with Crippen LogP contribution in [0.4, 0.5) is 0 Å². The summed E-state index contributed by atoms with van der Waals surface area (Å²) in [6.07, 6.45) is 9.83. The van der Waals surface area contributed by atoms with Crippen LogP contribution in [0.3, 0.4) is 0 Å². The molecule has 4 rings (SSSR count). The molecule has 2 bridgehead atoms. The molecule has 37 heavy (non-hydrogen) atoms. The summed E-state index contributed by atoms with van der Waals surface area (Å²) < 4.78 is 6.65. The first kappa shape index (κ1) is 28.3. The summed E-state index contributed by atoms with van der Waals surface area (Å²) in [6.45, 7) is 11.3. The second-order valence-corrected chi connectivity index (χ2v) is 12.1. The second kappa shape index (κ2) is 12.0. The fraction of sp³-hybridized carbons (Fsp3) is 0.750. The second-order valence-electron chi connectivity index (χ2n) is 10.9. The third kappa shape index (κ3) is 4.91. The number of aliphatic hydroxyl groups excluding tert-OH is 1. The Hall–Kier alpha value is -1.71. The SMILES string of the molecule is C=CCN(CCC)C(=O)[C@H]1[C@H]2C(=O)N(CCCO)C(C(=O)N(CC=C)C3CCCCC3)C23CC(Br)[C@@H]1O3. The number of ether oxygens (including phenoxy) is 1. The van der Waals surface area contributed by atoms with Crippen LogP contribution in [0.2, 0.25) is 0 Å². The number of carbonyl (C=O) groups excluding carboxylic acids is 3. The number of hydrogen-bond donors (Lipinski definition) is 1. The maximum Gasteiger partial charge on any atom is 0.248 e. The van der Waals surface area contributed by atoms with Crippen LogP contribution in [0.25, 0.3) is 0 Å². The Morgan fingerprint density at radius 3 is 2.51 bits per heavy atom. The van der Waals surface area contributed by atoms with Gasteiger partial charge >= 0.3 is 0 Å². The van der Waals surface area contributed by atoms with Crippen molar-refractivity contribution in [1.29, 1.82) is 0 Å². The minimum Gasteiger partial charge on any atom is -0.396 e. The largest absolute Gasteiger partial charge is 0.396 e. The number of amides is 3. The fourth-order valence-corrected chi connectivity index (χ4v) is 8.15. The van der Waals surface area contributed by atoms with Crippen LogP contribution in [0.15, 0.2) is 25.3 Å². The van der Waals surface area contributed by atoms with Crippen molar-refractivity contribution in [3.8, 4) is 0 Å². The maximum atomic E-state index is 14.4. The normalized spacial score (nSPS) is 32.9. The van der Waals surface area contributed by atoms with Crippen LogP contribution in [0.5, 0.6) is 0 Å². The van der Waals surface area contributed by atoms with Crippen LogP contribution in [-0.2, 0) is 19.1 Å². The van der Waals surface area contributed by atoms with E-state index in [4.69, 9.17) is 4.74 Å². The monoisotopic (exact) mass is 579 g/mol. The first-order valence-electron chi connectivity index (χ1n) is 13.9. The molecule has 0 aromatic heterocycles. The summed E-state index contributed by atoms with van der Waals surface area (Å²) in [6, 6.07) is -0.715. The minimum absolute atomic E-state index is 0.0854. The van der Waals surface area contributed by atoms with Crippen molar-refractivity contribution < 1.29 is 24.2 Å². The molecule has 206 valence electrons. The molecule has 3 saturated heterocycles. The van der Waals surface area contributed by atoms with Gasteiger partial charge in [0.1, 0.15) is 11.6 Å². The van der Waals surface area contributed by atoms with Crippen LogP contribution < -0.4 is 0 Å². The quantitative estimate of drug-likeness (QED) is 0.283. The summed E-state index contributed by atoms with van der Waals surface area (Å²) in [5, 5.41) is 9.59. The molecule has 3 amide bonds. The lowest BCUT2D eigenvalue weighted by Gasteiger charge is -2.41. The number of fused-ring (bicyclic) bond motifs is 1. The van der Waals surface area contributed by atoms with E-state index in [2.05, 4.69) is 29.1 Å². The first-order valence-corrected chi connectivity index (χ1v) is 14.8. The smallest absolute Gasteiger partial charge is 0.248 e. The Balaban J connectivity index is 1.73. The third-order valence-electron chi connectivity index (χ3n) is 8.64. The topological polar surface area (TPSA) is 90.4 Å². The minimum atomic E-state index is -1.07. The van der Waals surface area contributed by atoms with Crippen molar-refractivity contribution in [2.45, 2.75) is 86.9 Å². The van der Waals surface area contributed by atoms with Crippen molar-refractivity contribution in [2.75, 3.05) is 32.8 Å². The van der Waals surface area contributed by atoms with Gasteiger partial charge in [-0.1, -0.05) is 54.3 Å². The van der Waals surface area contributed by atoms with E-state index in [0.29, 0.717) is 32.5 Å². The Morgan fingerprint density at radius 2 is 1.89 bits per heavy atom. The van der Waals surface area contributed by atoms with Crippen molar-refractivity contribution in [3.63, 3.8) is 0 Å². The molecule has 0 radical (unpaired) electrons. The van der Waals surface area contributed by atoms with Gasteiger partial charge in [-0.25, -0.2) is 0 Å². The average molecular weight is 581 g/mol. The lowest BCUT2D eigenvalue weighted by Crippen LogP contribution is -2.59. The van der Waals surface area contributed by atoms with E-state index >= 15 is 0 Å². The highest BCUT2D eigenvalue weighted by atomic mass is 79.9. The van der Waals surface area contributed by atoms with E-state index in [9.17, 15) is 19.5 Å². The van der Waals surface area contributed by atoms with Crippen molar-refractivity contribution >= 4 is 33.7 Å². The standard InChI is InChI=1S/C28H42BrN3O5/c1-4-13-30(14-5-2)25(34)21-22-26(35)32(16-10-17-33)24(28(22)18-20(29)23(21)37-28)27(36)31(15-6-3)19-11-8-7-9-12-19/h4,6,19-24,33H,1,3,5,7-18H2,2H3/t20?,21-,22-,23-,24?,28?/m0/s1. The molecule has 1 aliphatic carbocycles. The summed E-state index contributed by atoms with van der Waals surface area (Å²) >= 11 is 3.75. The number of rotatable bonds is 12. The van der Waals surface area contributed by atoms with E-state index in [1.165, 1.54) is 6.42 Å². The maximum absolute atomic E-state index is 14.4. The van der Waals surface area contributed by atoms with E-state index in [1.54, 1.807) is 22.0 Å². The number of alkyl halides is 1. The Morgan fingerprint density at radius 1 is 1.19 bits per heavy atom. The van der Waals surface area contributed by atoms with Gasteiger partial charge in [0.25, 0.3) is 0 Å². The molecule has 4 fully saturated rings. The molecule has 3 heterocycles. The molecule has 8 nitrogen and oxygen atoms in total. The molecule has 1 N–H and O–H groups in total. The van der Waals surface area contributed by atoms with Gasteiger partial charge in [0.2, 0.25) is 17.7 Å². The lowest BCUT2D eigenvalue weighted by molar-refractivity contribution is -0.150. The summed E-state index contributed by atoms with van der Waals surface area (Å²) in [5.74, 6) is -1.81. The predicted octanol–water partition coefficient (Wildman–Crippen LogP) is 2.89. The van der Waals surface area contributed by atoms with Crippen molar-refractivity contribution in [1.82, 2.24) is 14.7 Å². The number of aliphatic hydroxyl groups is 1. The number of nitrogens with zero attached hydrogens (tertiary/aromatic N) is 3. The van der Waals surface area contributed by atoms with Crippen LogP contribution >= 0.6 is 15.9 Å². The van der Waals surface area contributed by atoms with Crippen LogP contribution in [-0.4, -0.2) is 98.9 Å². The lowest BCUT2D eigenvalue weighted by atomic mass is 9.70. The molecule has 9 heteroatoms. The van der Waals surface area contributed by atoms with Gasteiger partial charge in [0.05, 0.1) is 17.9 Å². The highest BCUT2D eigenvalue weighted by Crippen LogP contribution is 2.60. The molecule has 0 aromatic carbocycles. The zero-order valence-electron chi connectivity index (χ0n) is 22.0. The van der Waals surface area contributed by atoms with Gasteiger partial charge in [0, 0.05) is 43.7 Å². The van der Waals surface area contributed by atoms with Crippen molar-refractivity contribution in [3.05, 3.63) is 25.3 Å². The van der Waals surface area contributed by atoms with Gasteiger partial charge in [-0.2, -0.15) is 0 Å².